The minimum Gasteiger partial charge on any atom is -0.492 e. The van der Waals surface area contributed by atoms with E-state index in [-0.39, 0.29) is 6.61 Å². The van der Waals surface area contributed by atoms with E-state index >= 15 is 0 Å². The second-order valence-electron chi connectivity index (χ2n) is 5.27. The van der Waals surface area contributed by atoms with Crippen LogP contribution in [0.5, 0.6) is 11.5 Å². The van der Waals surface area contributed by atoms with E-state index in [9.17, 15) is 0 Å². The summed E-state index contributed by atoms with van der Waals surface area (Å²) < 4.78 is 11.5. The van der Waals surface area contributed by atoms with Crippen LogP contribution in [0, 0.1) is 0 Å². The SMILES string of the molecule is OCCc1cccc(OCCN2CCOc3ccccc32)c1. The third-order valence-electron chi connectivity index (χ3n) is 3.75. The highest BCUT2D eigenvalue weighted by Crippen LogP contribution is 2.30. The molecule has 0 unspecified atom stereocenters. The fraction of sp³-hybridized carbons (Fsp3) is 0.333. The van der Waals surface area contributed by atoms with Crippen molar-refractivity contribution in [3.05, 3.63) is 54.1 Å². The fourth-order valence-corrected chi connectivity index (χ4v) is 2.65. The van der Waals surface area contributed by atoms with Crippen molar-refractivity contribution in [2.24, 2.45) is 0 Å². The molecule has 2 aromatic carbocycles. The lowest BCUT2D eigenvalue weighted by molar-refractivity contribution is 0.288. The molecule has 4 nitrogen and oxygen atoms in total. The number of hydrogen-bond donors (Lipinski definition) is 1. The molecule has 0 atom stereocenters. The maximum absolute atomic E-state index is 8.99. The summed E-state index contributed by atoms with van der Waals surface area (Å²) in [5.41, 5.74) is 2.23. The monoisotopic (exact) mass is 299 g/mol. The molecule has 0 spiro atoms. The van der Waals surface area contributed by atoms with Gasteiger partial charge in [0.2, 0.25) is 0 Å². The number of para-hydroxylation sites is 2. The van der Waals surface area contributed by atoms with Crippen LogP contribution in [-0.2, 0) is 6.42 Å². The molecule has 0 radical (unpaired) electrons. The highest BCUT2D eigenvalue weighted by molar-refractivity contribution is 5.59. The van der Waals surface area contributed by atoms with Gasteiger partial charge in [0, 0.05) is 6.61 Å². The molecule has 4 heteroatoms. The summed E-state index contributed by atoms with van der Waals surface area (Å²) in [5, 5.41) is 8.99. The lowest BCUT2D eigenvalue weighted by atomic mass is 10.1. The molecule has 2 aromatic rings. The summed E-state index contributed by atoms with van der Waals surface area (Å²) in [6, 6.07) is 16.0. The second-order valence-corrected chi connectivity index (χ2v) is 5.27. The van der Waals surface area contributed by atoms with Crippen LogP contribution >= 0.6 is 0 Å². The summed E-state index contributed by atoms with van der Waals surface area (Å²) in [5.74, 6) is 1.80. The van der Waals surface area contributed by atoms with Gasteiger partial charge in [-0.15, -0.1) is 0 Å². The molecule has 1 N–H and O–H groups in total. The number of aliphatic hydroxyl groups is 1. The molecule has 0 aliphatic carbocycles. The summed E-state index contributed by atoms with van der Waals surface area (Å²) in [6.07, 6.45) is 0.661. The molecule has 0 saturated heterocycles. The number of nitrogens with zero attached hydrogens (tertiary/aromatic N) is 1. The van der Waals surface area contributed by atoms with Crippen LogP contribution in [0.15, 0.2) is 48.5 Å². The first-order valence-electron chi connectivity index (χ1n) is 7.66. The van der Waals surface area contributed by atoms with Crippen LogP contribution in [-0.4, -0.2) is 38.0 Å². The van der Waals surface area contributed by atoms with Gasteiger partial charge in [0.25, 0.3) is 0 Å². The van der Waals surface area contributed by atoms with Gasteiger partial charge in [0.15, 0.2) is 0 Å². The Bertz CT molecular complexity index is 615. The molecule has 22 heavy (non-hydrogen) atoms. The Morgan fingerprint density at radius 1 is 1.14 bits per heavy atom. The van der Waals surface area contributed by atoms with Gasteiger partial charge in [-0.1, -0.05) is 24.3 Å². The zero-order valence-electron chi connectivity index (χ0n) is 12.6. The molecule has 0 saturated carbocycles. The largest absolute Gasteiger partial charge is 0.492 e. The predicted octanol–water partition coefficient (Wildman–Crippen LogP) is 2.50. The molecular formula is C18H21NO3. The minimum absolute atomic E-state index is 0.161. The summed E-state index contributed by atoms with van der Waals surface area (Å²) in [7, 11) is 0. The average molecular weight is 299 g/mol. The Labute approximate surface area is 130 Å². The zero-order valence-corrected chi connectivity index (χ0v) is 12.6. The minimum atomic E-state index is 0.161. The van der Waals surface area contributed by atoms with Gasteiger partial charge in [-0.05, 0) is 36.2 Å². The Kier molecular flexibility index (Phi) is 4.81. The van der Waals surface area contributed by atoms with E-state index in [4.69, 9.17) is 14.6 Å². The van der Waals surface area contributed by atoms with E-state index in [1.165, 1.54) is 0 Å². The van der Waals surface area contributed by atoms with Crippen molar-refractivity contribution in [1.29, 1.82) is 0 Å². The van der Waals surface area contributed by atoms with E-state index < -0.39 is 0 Å². The standard InChI is InChI=1S/C18H21NO3/c20-11-8-15-4-3-5-16(14-15)21-12-9-19-10-13-22-18-7-2-1-6-17(18)19/h1-7,14,20H,8-13H2. The van der Waals surface area contributed by atoms with Gasteiger partial charge in [-0.2, -0.15) is 0 Å². The molecule has 1 aliphatic rings. The molecule has 0 bridgehead atoms. The third kappa shape index (κ3) is 3.52. The Balaban J connectivity index is 1.57. The summed E-state index contributed by atoms with van der Waals surface area (Å²) in [4.78, 5) is 2.29. The first-order chi connectivity index (χ1) is 10.9. The van der Waals surface area contributed by atoms with Crippen molar-refractivity contribution in [2.45, 2.75) is 6.42 Å². The number of ether oxygens (including phenoxy) is 2. The Morgan fingerprint density at radius 3 is 2.95 bits per heavy atom. The maximum Gasteiger partial charge on any atom is 0.142 e. The fourth-order valence-electron chi connectivity index (χ4n) is 2.65. The van der Waals surface area contributed by atoms with E-state index in [0.717, 1.165) is 35.8 Å². The van der Waals surface area contributed by atoms with Gasteiger partial charge in [-0.3, -0.25) is 0 Å². The first kappa shape index (κ1) is 14.7. The molecule has 1 aliphatic heterocycles. The van der Waals surface area contributed by atoms with E-state index in [1.807, 2.05) is 42.5 Å². The summed E-state index contributed by atoms with van der Waals surface area (Å²) >= 11 is 0. The van der Waals surface area contributed by atoms with Crippen molar-refractivity contribution in [3.63, 3.8) is 0 Å². The van der Waals surface area contributed by atoms with Crippen molar-refractivity contribution in [1.82, 2.24) is 0 Å². The highest BCUT2D eigenvalue weighted by Gasteiger charge is 2.16. The van der Waals surface area contributed by atoms with Crippen LogP contribution in [0.3, 0.4) is 0 Å². The smallest absolute Gasteiger partial charge is 0.142 e. The van der Waals surface area contributed by atoms with Gasteiger partial charge in [0.1, 0.15) is 24.7 Å². The number of aliphatic hydroxyl groups excluding tert-OH is 1. The van der Waals surface area contributed by atoms with Crippen LogP contribution < -0.4 is 14.4 Å². The van der Waals surface area contributed by atoms with Crippen molar-refractivity contribution >= 4 is 5.69 Å². The molecule has 116 valence electrons. The maximum atomic E-state index is 8.99. The van der Waals surface area contributed by atoms with E-state index in [0.29, 0.717) is 19.6 Å². The molecule has 3 rings (SSSR count). The average Bonchev–Trinajstić information content (AvgIpc) is 2.56. The molecule has 1 heterocycles. The van der Waals surface area contributed by atoms with E-state index in [1.54, 1.807) is 0 Å². The van der Waals surface area contributed by atoms with Gasteiger partial charge in [-0.25, -0.2) is 0 Å². The van der Waals surface area contributed by atoms with Gasteiger partial charge >= 0.3 is 0 Å². The predicted molar refractivity (Wildman–Crippen MR) is 86.9 cm³/mol. The van der Waals surface area contributed by atoms with Crippen molar-refractivity contribution < 1.29 is 14.6 Å². The lowest BCUT2D eigenvalue weighted by Gasteiger charge is -2.31. The summed E-state index contributed by atoms with van der Waals surface area (Å²) in [6.45, 7) is 3.20. The number of fused-ring (bicyclic) bond motifs is 1. The second kappa shape index (κ2) is 7.18. The van der Waals surface area contributed by atoms with Crippen molar-refractivity contribution in [3.8, 4) is 11.5 Å². The quantitative estimate of drug-likeness (QED) is 0.890. The van der Waals surface area contributed by atoms with Crippen LogP contribution in [0.4, 0.5) is 5.69 Å². The van der Waals surface area contributed by atoms with Crippen LogP contribution in [0.25, 0.3) is 0 Å². The zero-order chi connectivity index (χ0) is 15.2. The molecular weight excluding hydrogens is 278 g/mol. The third-order valence-corrected chi connectivity index (χ3v) is 3.75. The van der Waals surface area contributed by atoms with Crippen LogP contribution in [0.1, 0.15) is 5.56 Å². The number of benzene rings is 2. The highest BCUT2D eigenvalue weighted by atomic mass is 16.5. The topological polar surface area (TPSA) is 41.9 Å². The molecule has 0 aromatic heterocycles. The van der Waals surface area contributed by atoms with Crippen molar-refractivity contribution in [2.75, 3.05) is 37.8 Å². The molecule has 0 amide bonds. The van der Waals surface area contributed by atoms with Gasteiger partial charge in [0.05, 0.1) is 18.8 Å². The number of anilines is 1. The number of hydrogen-bond acceptors (Lipinski definition) is 4. The van der Waals surface area contributed by atoms with Gasteiger partial charge < -0.3 is 19.5 Å². The van der Waals surface area contributed by atoms with Crippen LogP contribution in [0.2, 0.25) is 0 Å². The first-order valence-corrected chi connectivity index (χ1v) is 7.66. The Morgan fingerprint density at radius 2 is 2.05 bits per heavy atom. The lowest BCUT2D eigenvalue weighted by Crippen LogP contribution is -2.35. The number of rotatable bonds is 6. The van der Waals surface area contributed by atoms with E-state index in [2.05, 4.69) is 11.0 Å². The normalized spacial score (nSPS) is 13.4. The Hall–Kier alpha value is -2.20. The molecule has 0 fully saturated rings.